The van der Waals surface area contributed by atoms with Gasteiger partial charge >= 0.3 is 0 Å². The van der Waals surface area contributed by atoms with Crippen molar-refractivity contribution in [1.29, 1.82) is 0 Å². The number of rotatable bonds is 4. The molecule has 128 valence electrons. The number of nitrogens with one attached hydrogen (secondary N) is 2. The zero-order chi connectivity index (χ0) is 18.1. The number of aromatic nitrogens is 2. The molecule has 3 aromatic rings. The number of halogens is 3. The number of hydrogen-bond acceptors (Lipinski definition) is 4. The van der Waals surface area contributed by atoms with Gasteiger partial charge in [0.05, 0.1) is 21.3 Å². The number of H-pyrrole nitrogens is 1. The fourth-order valence-corrected chi connectivity index (χ4v) is 3.19. The number of hydrogen-bond donors (Lipinski definition) is 3. The number of carbonyl (C=O) groups excluding carboxylic acids is 2. The van der Waals surface area contributed by atoms with Crippen LogP contribution in [-0.2, 0) is 0 Å². The molecule has 0 aliphatic heterocycles. The molecule has 0 saturated carbocycles. The third-order valence-electron chi connectivity index (χ3n) is 3.22. The number of anilines is 1. The fraction of sp³-hybridized carbons (Fsp3) is 0. The van der Waals surface area contributed by atoms with Crippen LogP contribution >= 0.6 is 34.5 Å². The minimum Gasteiger partial charge on any atom is -0.364 e. The van der Waals surface area contributed by atoms with Crippen molar-refractivity contribution in [3.63, 3.8) is 0 Å². The van der Waals surface area contributed by atoms with Crippen molar-refractivity contribution in [2.75, 3.05) is 5.32 Å². The van der Waals surface area contributed by atoms with E-state index in [1.165, 1.54) is 0 Å². The first kappa shape index (κ1) is 17.4. The molecule has 10 heteroatoms. The maximum Gasteiger partial charge on any atom is 0.265 e. The molecule has 0 aliphatic rings. The zero-order valence-electron chi connectivity index (χ0n) is 12.3. The van der Waals surface area contributed by atoms with Gasteiger partial charge in [-0.1, -0.05) is 23.2 Å². The highest BCUT2D eigenvalue weighted by atomic mass is 35.5. The van der Waals surface area contributed by atoms with Gasteiger partial charge in [-0.05, 0) is 18.2 Å². The number of benzene rings is 1. The molecule has 0 atom stereocenters. The summed E-state index contributed by atoms with van der Waals surface area (Å²) >= 11 is 12.7. The van der Waals surface area contributed by atoms with E-state index < -0.39 is 17.6 Å². The normalized spacial score (nSPS) is 10.7. The first-order valence-corrected chi connectivity index (χ1v) is 8.38. The van der Waals surface area contributed by atoms with E-state index >= 15 is 0 Å². The summed E-state index contributed by atoms with van der Waals surface area (Å²) in [5, 5.41) is 4.37. The molecule has 2 aromatic heterocycles. The smallest absolute Gasteiger partial charge is 0.265 e. The lowest BCUT2D eigenvalue weighted by molar-refractivity contribution is 0.0994. The molecule has 4 N–H and O–H groups in total. The number of amides is 2. The second kappa shape index (κ2) is 6.83. The van der Waals surface area contributed by atoms with Crippen molar-refractivity contribution in [2.45, 2.75) is 0 Å². The van der Waals surface area contributed by atoms with Gasteiger partial charge in [-0.2, -0.15) is 0 Å². The van der Waals surface area contributed by atoms with E-state index in [1.54, 1.807) is 17.6 Å². The van der Waals surface area contributed by atoms with Crippen molar-refractivity contribution >= 4 is 51.5 Å². The molecular formula is C15H9Cl2FN4O2S. The van der Waals surface area contributed by atoms with Crippen molar-refractivity contribution in [1.82, 2.24) is 9.97 Å². The van der Waals surface area contributed by atoms with Gasteiger partial charge in [-0.15, -0.1) is 11.3 Å². The summed E-state index contributed by atoms with van der Waals surface area (Å²) in [5.74, 6) is -1.95. The SMILES string of the molecule is NC(=O)c1cc(-c2csc(NC(=O)c3cc(F)c(Cl)cc3Cl)n2)c[nH]1. The highest BCUT2D eigenvalue weighted by molar-refractivity contribution is 7.14. The molecule has 0 fully saturated rings. The van der Waals surface area contributed by atoms with Crippen LogP contribution in [-0.4, -0.2) is 21.8 Å². The Kier molecular flexibility index (Phi) is 4.76. The number of nitrogens with two attached hydrogens (primary N) is 1. The van der Waals surface area contributed by atoms with E-state index in [0.29, 0.717) is 11.3 Å². The highest BCUT2D eigenvalue weighted by Crippen LogP contribution is 2.28. The monoisotopic (exact) mass is 398 g/mol. The number of thiazole rings is 1. The molecule has 6 nitrogen and oxygen atoms in total. The molecule has 0 bridgehead atoms. The van der Waals surface area contributed by atoms with Crippen LogP contribution in [0.5, 0.6) is 0 Å². The summed E-state index contributed by atoms with van der Waals surface area (Å²) in [7, 11) is 0. The van der Waals surface area contributed by atoms with Gasteiger partial charge < -0.3 is 10.7 Å². The van der Waals surface area contributed by atoms with Gasteiger partial charge in [-0.3, -0.25) is 14.9 Å². The third-order valence-corrected chi connectivity index (χ3v) is 4.58. The quantitative estimate of drug-likeness (QED) is 0.580. The van der Waals surface area contributed by atoms with Crippen LogP contribution in [0.25, 0.3) is 11.3 Å². The van der Waals surface area contributed by atoms with Crippen LogP contribution in [0.3, 0.4) is 0 Å². The van der Waals surface area contributed by atoms with Crippen LogP contribution < -0.4 is 11.1 Å². The Bertz CT molecular complexity index is 986. The third kappa shape index (κ3) is 3.65. The summed E-state index contributed by atoms with van der Waals surface area (Å²) in [6.45, 7) is 0. The van der Waals surface area contributed by atoms with Gasteiger partial charge in [-0.25, -0.2) is 9.37 Å². The maximum absolute atomic E-state index is 13.5. The average molecular weight is 399 g/mol. The lowest BCUT2D eigenvalue weighted by Gasteiger charge is -2.05. The molecule has 25 heavy (non-hydrogen) atoms. The van der Waals surface area contributed by atoms with Gasteiger partial charge in [0.1, 0.15) is 11.5 Å². The Morgan fingerprint density at radius 1 is 1.24 bits per heavy atom. The molecular weight excluding hydrogens is 390 g/mol. The van der Waals surface area contributed by atoms with Crippen LogP contribution in [0.4, 0.5) is 9.52 Å². The van der Waals surface area contributed by atoms with Gasteiger partial charge in [0.15, 0.2) is 5.13 Å². The van der Waals surface area contributed by atoms with E-state index in [0.717, 1.165) is 23.5 Å². The standard InChI is InChI=1S/C15H9Cl2FN4O2S/c16-8-3-9(17)10(18)2-7(8)14(24)22-15-21-12(5-25-15)6-1-11(13(19)23)20-4-6/h1-5,20H,(H2,19,23)(H,21,22,24). The molecule has 2 amide bonds. The Morgan fingerprint density at radius 3 is 2.68 bits per heavy atom. The van der Waals surface area contributed by atoms with E-state index in [1.807, 2.05) is 0 Å². The van der Waals surface area contributed by atoms with Gasteiger partial charge in [0, 0.05) is 17.1 Å². The number of carbonyl (C=O) groups is 2. The molecule has 0 aliphatic carbocycles. The second-order valence-electron chi connectivity index (χ2n) is 4.90. The summed E-state index contributed by atoms with van der Waals surface area (Å²) in [5.41, 5.74) is 6.55. The summed E-state index contributed by atoms with van der Waals surface area (Å²) in [6, 6.07) is 3.67. The minimum absolute atomic E-state index is 0.0254. The molecule has 0 saturated heterocycles. The Balaban J connectivity index is 1.80. The van der Waals surface area contributed by atoms with Gasteiger partial charge in [0.2, 0.25) is 0 Å². The molecule has 2 heterocycles. The van der Waals surface area contributed by atoms with E-state index in [-0.39, 0.29) is 26.4 Å². The average Bonchev–Trinajstić information content (AvgIpc) is 3.19. The molecule has 3 rings (SSSR count). The van der Waals surface area contributed by atoms with Gasteiger partial charge in [0.25, 0.3) is 11.8 Å². The Hall–Kier alpha value is -2.42. The Morgan fingerprint density at radius 2 is 2.00 bits per heavy atom. The highest BCUT2D eigenvalue weighted by Gasteiger charge is 2.16. The largest absolute Gasteiger partial charge is 0.364 e. The van der Waals surface area contributed by atoms with Crippen molar-refractivity contribution in [3.05, 3.63) is 56.9 Å². The minimum atomic E-state index is -0.748. The van der Waals surface area contributed by atoms with Crippen molar-refractivity contribution in [2.24, 2.45) is 5.73 Å². The molecule has 0 spiro atoms. The van der Waals surface area contributed by atoms with Crippen LogP contribution in [0.15, 0.2) is 29.8 Å². The van der Waals surface area contributed by atoms with Crippen molar-refractivity contribution in [3.8, 4) is 11.3 Å². The number of nitrogens with zero attached hydrogens (tertiary/aromatic N) is 1. The molecule has 1 aromatic carbocycles. The van der Waals surface area contributed by atoms with E-state index in [2.05, 4.69) is 15.3 Å². The Labute approximate surface area is 154 Å². The van der Waals surface area contributed by atoms with Crippen LogP contribution in [0.1, 0.15) is 20.8 Å². The first-order chi connectivity index (χ1) is 11.8. The summed E-state index contributed by atoms with van der Waals surface area (Å²) in [4.78, 5) is 30.3. The van der Waals surface area contributed by atoms with Crippen LogP contribution in [0, 0.1) is 5.82 Å². The second-order valence-corrected chi connectivity index (χ2v) is 6.58. The predicted octanol–water partition coefficient (Wildman–Crippen LogP) is 3.94. The lowest BCUT2D eigenvalue weighted by atomic mass is 10.2. The lowest BCUT2D eigenvalue weighted by Crippen LogP contribution is -2.12. The molecule has 0 radical (unpaired) electrons. The number of aromatic amines is 1. The topological polar surface area (TPSA) is 101 Å². The molecule has 0 unspecified atom stereocenters. The number of primary amides is 1. The fourth-order valence-electron chi connectivity index (χ4n) is 2.01. The van der Waals surface area contributed by atoms with E-state index in [9.17, 15) is 14.0 Å². The zero-order valence-corrected chi connectivity index (χ0v) is 14.6. The maximum atomic E-state index is 13.5. The predicted molar refractivity (Wildman–Crippen MR) is 94.8 cm³/mol. The first-order valence-electron chi connectivity index (χ1n) is 6.75. The van der Waals surface area contributed by atoms with Crippen LogP contribution in [0.2, 0.25) is 10.0 Å². The summed E-state index contributed by atoms with van der Waals surface area (Å²) < 4.78 is 13.5. The van der Waals surface area contributed by atoms with Crippen molar-refractivity contribution < 1.29 is 14.0 Å². The van der Waals surface area contributed by atoms with E-state index in [4.69, 9.17) is 28.9 Å². The summed E-state index contributed by atoms with van der Waals surface area (Å²) in [6.07, 6.45) is 1.58.